The van der Waals surface area contributed by atoms with Crippen LogP contribution < -0.4 is 10.7 Å². The fourth-order valence-electron chi connectivity index (χ4n) is 5.05. The minimum atomic E-state index is -1.15. The molecule has 2 aromatic heterocycles. The molecule has 1 spiro atoms. The van der Waals surface area contributed by atoms with Gasteiger partial charge in [0.1, 0.15) is 10.6 Å². The summed E-state index contributed by atoms with van der Waals surface area (Å²) < 4.78 is 34.2. The van der Waals surface area contributed by atoms with Crippen molar-refractivity contribution in [3.8, 4) is 5.75 Å². The van der Waals surface area contributed by atoms with E-state index in [4.69, 9.17) is 21.2 Å². The topological polar surface area (TPSA) is 135 Å². The molecule has 2 bridgehead atoms. The number of hydrogen-bond acceptors (Lipinski definition) is 8. The number of nitrogens with zero attached hydrogens (tertiary/aromatic N) is 4. The van der Waals surface area contributed by atoms with Crippen molar-refractivity contribution in [1.82, 2.24) is 19.8 Å². The van der Waals surface area contributed by atoms with E-state index in [9.17, 15) is 28.3 Å². The average molecular weight is 538 g/mol. The van der Waals surface area contributed by atoms with Crippen LogP contribution in [0.2, 0.25) is 5.02 Å². The molecule has 0 saturated carbocycles. The lowest BCUT2D eigenvalue weighted by Gasteiger charge is -2.41. The van der Waals surface area contributed by atoms with Gasteiger partial charge in [0.15, 0.2) is 28.7 Å². The van der Waals surface area contributed by atoms with Gasteiger partial charge in [-0.25, -0.2) is 8.78 Å². The fraction of sp³-hybridized carbons (Fsp3) is 0.435. The van der Waals surface area contributed by atoms with Gasteiger partial charge in [-0.05, 0) is 19.8 Å². The third-order valence-corrected chi connectivity index (χ3v) is 7.52. The highest BCUT2D eigenvalue weighted by Crippen LogP contribution is 2.46. The van der Waals surface area contributed by atoms with Crippen molar-refractivity contribution >= 4 is 29.3 Å². The largest absolute Gasteiger partial charge is 0.503 e. The van der Waals surface area contributed by atoms with Gasteiger partial charge in [0.2, 0.25) is 11.3 Å². The number of ether oxygens (including phenoxy) is 1. The number of carbonyl (C=O) groups is 2. The summed E-state index contributed by atoms with van der Waals surface area (Å²) in [5.74, 6) is -4.27. The third-order valence-electron chi connectivity index (χ3n) is 7.17. The second-order valence-electron chi connectivity index (χ2n) is 9.22. The number of amides is 2. The first-order valence-corrected chi connectivity index (χ1v) is 11.8. The SMILES string of the molecule is COC1=NO[C@@]2(CC[C@H](C)N3C[C@H]2n2cc(C(=O)NCc4ncc(F)c(Cl)c4F)c(=O)c(O)c2C3=O)C1. The summed E-state index contributed by atoms with van der Waals surface area (Å²) >= 11 is 5.55. The molecule has 37 heavy (non-hydrogen) atoms. The van der Waals surface area contributed by atoms with Gasteiger partial charge in [0, 0.05) is 18.8 Å². The number of rotatable bonds is 3. The van der Waals surface area contributed by atoms with E-state index in [-0.39, 0.29) is 30.4 Å². The summed E-state index contributed by atoms with van der Waals surface area (Å²) in [6.07, 6.45) is 3.23. The van der Waals surface area contributed by atoms with Crippen LogP contribution in [0.4, 0.5) is 8.78 Å². The van der Waals surface area contributed by atoms with Crippen LogP contribution in [0.5, 0.6) is 5.75 Å². The number of carbonyl (C=O) groups excluding carboxylic acids is 2. The lowest BCUT2D eigenvalue weighted by Crippen LogP contribution is -2.52. The quantitative estimate of drug-likeness (QED) is 0.612. The maximum Gasteiger partial charge on any atom is 0.274 e. The second-order valence-corrected chi connectivity index (χ2v) is 9.60. The highest BCUT2D eigenvalue weighted by Gasteiger charge is 2.54. The van der Waals surface area contributed by atoms with E-state index in [1.807, 2.05) is 6.92 Å². The zero-order valence-corrected chi connectivity index (χ0v) is 20.5. The minimum absolute atomic E-state index is 0.187. The zero-order chi connectivity index (χ0) is 26.6. The van der Waals surface area contributed by atoms with E-state index in [0.717, 1.165) is 0 Å². The van der Waals surface area contributed by atoms with Crippen molar-refractivity contribution in [2.45, 2.75) is 50.4 Å². The Kier molecular flexibility index (Phi) is 6.05. The van der Waals surface area contributed by atoms with Gasteiger partial charge in [0.05, 0.1) is 38.0 Å². The molecule has 0 aromatic carbocycles. The fourth-order valence-corrected chi connectivity index (χ4v) is 5.21. The predicted molar refractivity (Wildman–Crippen MR) is 124 cm³/mol. The van der Waals surface area contributed by atoms with E-state index in [1.54, 1.807) is 4.90 Å². The van der Waals surface area contributed by atoms with Crippen LogP contribution in [0, 0.1) is 11.6 Å². The summed E-state index contributed by atoms with van der Waals surface area (Å²) in [7, 11) is 1.46. The molecule has 1 saturated heterocycles. The van der Waals surface area contributed by atoms with Crippen molar-refractivity contribution in [2.24, 2.45) is 5.16 Å². The first kappa shape index (κ1) is 24.9. The third kappa shape index (κ3) is 3.88. The predicted octanol–water partition coefficient (Wildman–Crippen LogP) is 2.11. The Balaban J connectivity index is 1.54. The summed E-state index contributed by atoms with van der Waals surface area (Å²) in [4.78, 5) is 50.2. The van der Waals surface area contributed by atoms with E-state index in [1.165, 1.54) is 17.9 Å². The van der Waals surface area contributed by atoms with Crippen molar-refractivity contribution in [1.29, 1.82) is 0 Å². The van der Waals surface area contributed by atoms with Crippen LogP contribution in [0.15, 0.2) is 22.3 Å². The van der Waals surface area contributed by atoms with E-state index < -0.39 is 63.4 Å². The van der Waals surface area contributed by atoms with E-state index >= 15 is 0 Å². The molecule has 3 aliphatic rings. The van der Waals surface area contributed by atoms with Crippen LogP contribution in [-0.4, -0.2) is 62.6 Å². The zero-order valence-electron chi connectivity index (χ0n) is 19.8. The van der Waals surface area contributed by atoms with Gasteiger partial charge in [-0.1, -0.05) is 16.8 Å². The molecular weight excluding hydrogens is 516 g/mol. The van der Waals surface area contributed by atoms with Gasteiger partial charge < -0.3 is 29.5 Å². The van der Waals surface area contributed by atoms with Gasteiger partial charge in [-0.15, -0.1) is 0 Å². The molecule has 5 heterocycles. The average Bonchev–Trinajstić information content (AvgIpc) is 3.26. The second kappa shape index (κ2) is 8.98. The molecule has 11 nitrogen and oxygen atoms in total. The molecule has 5 rings (SSSR count). The van der Waals surface area contributed by atoms with Crippen LogP contribution in [0.25, 0.3) is 0 Å². The maximum atomic E-state index is 14.2. The van der Waals surface area contributed by atoms with E-state index in [2.05, 4.69) is 15.5 Å². The first-order valence-electron chi connectivity index (χ1n) is 11.4. The molecule has 0 unspecified atom stereocenters. The van der Waals surface area contributed by atoms with Gasteiger partial charge in [-0.3, -0.25) is 19.4 Å². The molecule has 3 atom stereocenters. The smallest absolute Gasteiger partial charge is 0.274 e. The Morgan fingerprint density at radius 1 is 1.41 bits per heavy atom. The van der Waals surface area contributed by atoms with Crippen LogP contribution in [0.1, 0.15) is 58.8 Å². The minimum Gasteiger partial charge on any atom is -0.503 e. The molecule has 14 heteroatoms. The Morgan fingerprint density at radius 2 is 2.16 bits per heavy atom. The molecule has 196 valence electrons. The molecule has 3 aliphatic heterocycles. The van der Waals surface area contributed by atoms with Gasteiger partial charge >= 0.3 is 0 Å². The number of nitrogens with one attached hydrogen (secondary N) is 1. The number of halogens is 3. The number of methoxy groups -OCH3 is 1. The Hall–Kier alpha value is -3.74. The van der Waals surface area contributed by atoms with E-state index in [0.29, 0.717) is 24.9 Å². The van der Waals surface area contributed by atoms with Crippen LogP contribution >= 0.6 is 11.6 Å². The summed E-state index contributed by atoms with van der Waals surface area (Å²) in [5.41, 5.74) is -3.14. The number of oxime groups is 1. The summed E-state index contributed by atoms with van der Waals surface area (Å²) in [5, 5.41) is 16.4. The highest BCUT2D eigenvalue weighted by molar-refractivity contribution is 6.30. The first-order chi connectivity index (χ1) is 17.6. The van der Waals surface area contributed by atoms with Crippen LogP contribution in [0.3, 0.4) is 0 Å². The number of hydrogen-bond donors (Lipinski definition) is 2. The van der Waals surface area contributed by atoms with Crippen molar-refractivity contribution in [3.05, 3.63) is 56.2 Å². The molecule has 0 aliphatic carbocycles. The van der Waals surface area contributed by atoms with Gasteiger partial charge in [-0.2, -0.15) is 0 Å². The van der Waals surface area contributed by atoms with Crippen LogP contribution in [-0.2, 0) is 16.1 Å². The lowest BCUT2D eigenvalue weighted by atomic mass is 9.85. The molecule has 0 radical (unpaired) electrons. The van der Waals surface area contributed by atoms with Gasteiger partial charge in [0.25, 0.3) is 11.8 Å². The van der Waals surface area contributed by atoms with Crippen molar-refractivity contribution < 1.29 is 33.1 Å². The number of pyridine rings is 2. The number of fused-ring (bicyclic) bond motifs is 5. The molecule has 2 amide bonds. The number of aromatic hydroxyl groups is 1. The highest BCUT2D eigenvalue weighted by atomic mass is 35.5. The Labute approximate surface area is 213 Å². The Bertz CT molecular complexity index is 1410. The molecule has 2 aromatic rings. The molecule has 1 fully saturated rings. The standard InChI is InChI=1S/C23H22ClF2N5O6/c1-10-3-4-23(5-15(36-2)29-37-23)14-9-30(10)22(35)18-20(33)19(32)11(8-31(14)18)21(34)28-7-13-17(26)16(24)12(25)6-27-13/h6,8,10,14,33H,3-5,7,9H2,1-2H3,(H,28,34)/t10-,14+,23-/m0/s1. The monoisotopic (exact) mass is 537 g/mol. The maximum absolute atomic E-state index is 14.2. The summed E-state index contributed by atoms with van der Waals surface area (Å²) in [6.45, 7) is 1.53. The van der Waals surface area contributed by atoms with Crippen molar-refractivity contribution in [3.63, 3.8) is 0 Å². The van der Waals surface area contributed by atoms with Crippen molar-refractivity contribution in [2.75, 3.05) is 13.7 Å². The number of aromatic nitrogens is 2. The lowest BCUT2D eigenvalue weighted by molar-refractivity contribution is -0.0655. The normalized spacial score (nSPS) is 24.3. The molecule has 2 N–H and O–H groups in total. The Morgan fingerprint density at radius 3 is 2.86 bits per heavy atom. The molecular formula is C23H22ClF2N5O6. The summed E-state index contributed by atoms with van der Waals surface area (Å²) in [6, 6.07) is -0.824.